The van der Waals surface area contributed by atoms with Gasteiger partial charge in [-0.1, -0.05) is 30.3 Å². The zero-order valence-corrected chi connectivity index (χ0v) is 19.5. The number of halogens is 1. The van der Waals surface area contributed by atoms with Gasteiger partial charge in [-0.15, -0.1) is 0 Å². The fourth-order valence-corrected chi connectivity index (χ4v) is 4.16. The van der Waals surface area contributed by atoms with E-state index >= 15 is 0 Å². The van der Waals surface area contributed by atoms with Crippen LogP contribution < -0.4 is 9.62 Å². The number of benzene rings is 2. The molecule has 0 heterocycles. The van der Waals surface area contributed by atoms with E-state index in [0.29, 0.717) is 6.42 Å². The van der Waals surface area contributed by atoms with Crippen LogP contribution in [0.5, 0.6) is 0 Å². The summed E-state index contributed by atoms with van der Waals surface area (Å²) in [6, 6.07) is 13.5. The summed E-state index contributed by atoms with van der Waals surface area (Å²) in [7, 11) is 0.104. The summed E-state index contributed by atoms with van der Waals surface area (Å²) in [5.74, 6) is -1.44. The number of nitrogens with one attached hydrogen (secondary N) is 1. The van der Waals surface area contributed by atoms with E-state index in [0.717, 1.165) is 26.3 Å². The summed E-state index contributed by atoms with van der Waals surface area (Å²) >= 11 is 0. The van der Waals surface area contributed by atoms with Crippen LogP contribution in [0.3, 0.4) is 0 Å². The Balaban J connectivity index is 2.35. The molecule has 0 radical (unpaired) electrons. The molecule has 2 amide bonds. The van der Waals surface area contributed by atoms with Gasteiger partial charge in [0.1, 0.15) is 18.4 Å². The number of hydrogen-bond donors (Lipinski definition) is 1. The standard InChI is InChI=1S/C22H29FN4O4S/c1-17(22(29)24-2)26(15-14-18-8-6-5-7-9-18)21(28)16-27(32(30,31)25(3)4)20-12-10-19(23)11-13-20/h5-13,17H,14-16H2,1-4H3,(H,24,29)/t17-/m0/s1. The van der Waals surface area contributed by atoms with E-state index in [1.807, 2.05) is 30.3 Å². The van der Waals surface area contributed by atoms with E-state index in [4.69, 9.17) is 0 Å². The summed E-state index contributed by atoms with van der Waals surface area (Å²) in [5.41, 5.74) is 1.12. The molecule has 8 nitrogen and oxygen atoms in total. The molecule has 32 heavy (non-hydrogen) atoms. The number of rotatable bonds is 10. The minimum atomic E-state index is -4.06. The lowest BCUT2D eigenvalue weighted by Crippen LogP contribution is -2.53. The highest BCUT2D eigenvalue weighted by Gasteiger charge is 2.32. The number of likely N-dealkylation sites (N-methyl/N-ethyl adjacent to an activating group) is 1. The molecular formula is C22H29FN4O4S. The van der Waals surface area contributed by atoms with Crippen LogP contribution in [0.1, 0.15) is 12.5 Å². The highest BCUT2D eigenvalue weighted by molar-refractivity contribution is 7.90. The van der Waals surface area contributed by atoms with Crippen LogP contribution in [-0.2, 0) is 26.2 Å². The number of carbonyl (C=O) groups is 2. The van der Waals surface area contributed by atoms with Crippen molar-refractivity contribution in [1.29, 1.82) is 0 Å². The van der Waals surface area contributed by atoms with Crippen LogP contribution in [0.25, 0.3) is 0 Å². The van der Waals surface area contributed by atoms with Gasteiger partial charge in [-0.05, 0) is 43.2 Å². The van der Waals surface area contributed by atoms with Gasteiger partial charge in [0, 0.05) is 27.7 Å². The Labute approximate surface area is 188 Å². The average Bonchev–Trinajstić information content (AvgIpc) is 2.78. The molecule has 0 aliphatic rings. The second-order valence-electron chi connectivity index (χ2n) is 7.39. The maximum absolute atomic E-state index is 13.4. The summed E-state index contributed by atoms with van der Waals surface area (Å²) in [5, 5.41) is 2.52. The zero-order valence-electron chi connectivity index (χ0n) is 18.7. The minimum Gasteiger partial charge on any atom is -0.357 e. The summed E-state index contributed by atoms with van der Waals surface area (Å²) < 4.78 is 41.1. The first-order valence-electron chi connectivity index (χ1n) is 10.1. The normalized spacial score (nSPS) is 12.3. The van der Waals surface area contributed by atoms with Crippen LogP contribution >= 0.6 is 0 Å². The molecule has 174 valence electrons. The monoisotopic (exact) mass is 464 g/mol. The molecule has 0 aliphatic carbocycles. The maximum atomic E-state index is 13.4. The summed E-state index contributed by atoms with van der Waals surface area (Å²) in [4.78, 5) is 26.9. The Hall–Kier alpha value is -2.98. The Kier molecular flexibility index (Phi) is 8.73. The molecule has 2 rings (SSSR count). The predicted octanol–water partition coefficient (Wildman–Crippen LogP) is 1.64. The Morgan fingerprint density at radius 1 is 1.03 bits per heavy atom. The third-order valence-electron chi connectivity index (χ3n) is 5.03. The van der Waals surface area contributed by atoms with Crippen molar-refractivity contribution in [3.8, 4) is 0 Å². The van der Waals surface area contributed by atoms with Crippen LogP contribution in [0, 0.1) is 5.82 Å². The number of carbonyl (C=O) groups excluding carboxylic acids is 2. The third-order valence-corrected chi connectivity index (χ3v) is 6.85. The van der Waals surface area contributed by atoms with Crippen molar-refractivity contribution in [3.63, 3.8) is 0 Å². The molecule has 0 bridgehead atoms. The highest BCUT2D eigenvalue weighted by atomic mass is 32.2. The van der Waals surface area contributed by atoms with Crippen LogP contribution in [0.15, 0.2) is 54.6 Å². The topological polar surface area (TPSA) is 90.0 Å². The van der Waals surface area contributed by atoms with Gasteiger partial charge in [-0.2, -0.15) is 12.7 Å². The first kappa shape index (κ1) is 25.3. The van der Waals surface area contributed by atoms with Gasteiger partial charge < -0.3 is 10.2 Å². The second-order valence-corrected chi connectivity index (χ2v) is 9.45. The molecule has 0 aromatic heterocycles. The molecule has 1 atom stereocenters. The lowest BCUT2D eigenvalue weighted by molar-refractivity contribution is -0.138. The quantitative estimate of drug-likeness (QED) is 0.579. The fraction of sp³-hybridized carbons (Fsp3) is 0.364. The molecule has 0 saturated carbocycles. The van der Waals surface area contributed by atoms with Gasteiger partial charge in [-0.3, -0.25) is 9.59 Å². The van der Waals surface area contributed by atoms with E-state index in [9.17, 15) is 22.4 Å². The number of anilines is 1. The molecule has 2 aromatic rings. The van der Waals surface area contributed by atoms with E-state index in [1.165, 1.54) is 38.2 Å². The smallest absolute Gasteiger partial charge is 0.304 e. The largest absolute Gasteiger partial charge is 0.357 e. The number of amides is 2. The lowest BCUT2D eigenvalue weighted by atomic mass is 10.1. The van der Waals surface area contributed by atoms with E-state index in [2.05, 4.69) is 5.32 Å². The third kappa shape index (κ3) is 6.27. The van der Waals surface area contributed by atoms with Crippen LogP contribution in [0.2, 0.25) is 0 Å². The summed E-state index contributed by atoms with van der Waals surface area (Å²) in [6.07, 6.45) is 0.491. The van der Waals surface area contributed by atoms with Crippen molar-refractivity contribution < 1.29 is 22.4 Å². The van der Waals surface area contributed by atoms with Crippen molar-refractivity contribution >= 4 is 27.7 Å². The number of hydrogen-bond acceptors (Lipinski definition) is 4. The highest BCUT2D eigenvalue weighted by Crippen LogP contribution is 2.20. The fourth-order valence-electron chi connectivity index (χ4n) is 3.10. The molecule has 0 aliphatic heterocycles. The Bertz CT molecular complexity index is 1010. The van der Waals surface area contributed by atoms with Crippen molar-refractivity contribution in [2.45, 2.75) is 19.4 Å². The second kappa shape index (κ2) is 11.1. The van der Waals surface area contributed by atoms with Crippen molar-refractivity contribution in [2.24, 2.45) is 0 Å². The Morgan fingerprint density at radius 3 is 2.16 bits per heavy atom. The van der Waals surface area contributed by atoms with Gasteiger partial charge in [0.25, 0.3) is 0 Å². The molecule has 0 fully saturated rings. The minimum absolute atomic E-state index is 0.143. The Morgan fingerprint density at radius 2 is 1.62 bits per heavy atom. The van der Waals surface area contributed by atoms with Crippen LogP contribution in [0.4, 0.5) is 10.1 Å². The van der Waals surface area contributed by atoms with Crippen molar-refractivity contribution in [3.05, 3.63) is 66.0 Å². The van der Waals surface area contributed by atoms with Crippen molar-refractivity contribution in [2.75, 3.05) is 38.5 Å². The molecule has 0 spiro atoms. The first-order valence-corrected chi connectivity index (χ1v) is 11.5. The molecule has 0 saturated heterocycles. The van der Waals surface area contributed by atoms with Gasteiger partial charge in [-0.25, -0.2) is 8.70 Å². The average molecular weight is 465 g/mol. The molecule has 0 unspecified atom stereocenters. The van der Waals surface area contributed by atoms with E-state index < -0.39 is 34.5 Å². The maximum Gasteiger partial charge on any atom is 0.304 e. The zero-order chi connectivity index (χ0) is 23.9. The lowest BCUT2D eigenvalue weighted by Gasteiger charge is -2.32. The molecular weight excluding hydrogens is 435 g/mol. The molecule has 1 N–H and O–H groups in total. The van der Waals surface area contributed by atoms with Gasteiger partial charge in [0.05, 0.1) is 5.69 Å². The SMILES string of the molecule is CNC(=O)[C@H](C)N(CCc1ccccc1)C(=O)CN(c1ccc(F)cc1)S(=O)(=O)N(C)C. The predicted molar refractivity (Wildman–Crippen MR) is 122 cm³/mol. The number of nitrogens with zero attached hydrogens (tertiary/aromatic N) is 3. The first-order chi connectivity index (χ1) is 15.1. The van der Waals surface area contributed by atoms with Crippen LogP contribution in [-0.4, -0.2) is 69.7 Å². The van der Waals surface area contributed by atoms with E-state index in [1.54, 1.807) is 6.92 Å². The van der Waals surface area contributed by atoms with Gasteiger partial charge >= 0.3 is 10.2 Å². The van der Waals surface area contributed by atoms with Crippen molar-refractivity contribution in [1.82, 2.24) is 14.5 Å². The summed E-state index contributed by atoms with van der Waals surface area (Å²) in [6.45, 7) is 1.27. The van der Waals surface area contributed by atoms with E-state index in [-0.39, 0.29) is 18.1 Å². The van der Waals surface area contributed by atoms with Gasteiger partial charge in [0.2, 0.25) is 11.8 Å². The molecule has 2 aromatic carbocycles. The van der Waals surface area contributed by atoms with Gasteiger partial charge in [0.15, 0.2) is 0 Å². The molecule has 10 heteroatoms.